The van der Waals surface area contributed by atoms with E-state index < -0.39 is 0 Å². The fourth-order valence-corrected chi connectivity index (χ4v) is 3.95. The molecule has 1 atom stereocenters. The molecule has 4 aromatic rings. The Morgan fingerprint density at radius 3 is 2.54 bits per heavy atom. The van der Waals surface area contributed by atoms with Crippen LogP contribution in [0.3, 0.4) is 0 Å². The van der Waals surface area contributed by atoms with E-state index in [0.29, 0.717) is 10.6 Å². The van der Waals surface area contributed by atoms with Crippen molar-refractivity contribution in [1.29, 1.82) is 0 Å². The van der Waals surface area contributed by atoms with Gasteiger partial charge in [0.1, 0.15) is 21.8 Å². The molecule has 1 aromatic carbocycles. The molecule has 3 aromatic heterocycles. The number of imidazole rings is 1. The predicted molar refractivity (Wildman–Crippen MR) is 109 cm³/mol. The molecule has 1 N–H and O–H groups in total. The summed E-state index contributed by atoms with van der Waals surface area (Å²) < 4.78 is 1.91. The number of thiazole rings is 1. The first-order valence-corrected chi connectivity index (χ1v) is 9.67. The molecule has 28 heavy (non-hydrogen) atoms. The van der Waals surface area contributed by atoms with Gasteiger partial charge in [0.05, 0.1) is 11.4 Å². The summed E-state index contributed by atoms with van der Waals surface area (Å²) in [6.07, 6.45) is 5.32. The predicted octanol–water partition coefficient (Wildman–Crippen LogP) is 3.77. The minimum absolute atomic E-state index is 0.172. The van der Waals surface area contributed by atoms with Crippen LogP contribution < -0.4 is 5.32 Å². The van der Waals surface area contributed by atoms with Gasteiger partial charge in [-0.3, -0.25) is 9.78 Å². The largest absolute Gasteiger partial charge is 0.337 e. The second-order valence-corrected chi connectivity index (χ2v) is 7.36. The van der Waals surface area contributed by atoms with E-state index in [9.17, 15) is 4.79 Å². The average molecular weight is 389 g/mol. The van der Waals surface area contributed by atoms with E-state index in [1.54, 1.807) is 12.4 Å². The maximum absolute atomic E-state index is 13.1. The molecule has 7 heteroatoms. The lowest BCUT2D eigenvalue weighted by Crippen LogP contribution is -2.31. The number of hydrogen-bond acceptors (Lipinski definition) is 5. The number of aryl methyl sites for hydroxylation is 2. The Hall–Kier alpha value is -3.32. The van der Waals surface area contributed by atoms with Gasteiger partial charge < -0.3 is 9.88 Å². The van der Waals surface area contributed by atoms with E-state index in [2.05, 4.69) is 20.3 Å². The van der Waals surface area contributed by atoms with Crippen molar-refractivity contribution in [2.75, 3.05) is 0 Å². The van der Waals surface area contributed by atoms with Gasteiger partial charge in [0.2, 0.25) is 0 Å². The third-order valence-electron chi connectivity index (χ3n) is 4.41. The highest BCUT2D eigenvalue weighted by molar-refractivity contribution is 7.17. The number of nitrogens with one attached hydrogen (secondary N) is 1. The lowest BCUT2D eigenvalue weighted by molar-refractivity contribution is 0.0944. The zero-order valence-corrected chi connectivity index (χ0v) is 16.4. The highest BCUT2D eigenvalue weighted by Gasteiger charge is 2.24. The molecule has 1 amide bonds. The Morgan fingerprint density at radius 1 is 1.07 bits per heavy atom. The molecule has 0 unspecified atom stereocenters. The molecule has 0 saturated heterocycles. The molecule has 0 spiro atoms. The van der Waals surface area contributed by atoms with Gasteiger partial charge in [-0.15, -0.1) is 11.3 Å². The van der Waals surface area contributed by atoms with Crippen LogP contribution in [0.1, 0.15) is 32.8 Å². The van der Waals surface area contributed by atoms with Crippen molar-refractivity contribution in [3.05, 3.63) is 89.1 Å². The number of benzene rings is 1. The SMILES string of the molecule is Cc1nc(-c2ccccn2)sc1C(=O)N[C@H](c1ccccc1)c1nccn1C. The van der Waals surface area contributed by atoms with Gasteiger partial charge in [0.25, 0.3) is 5.91 Å². The van der Waals surface area contributed by atoms with Gasteiger partial charge in [0, 0.05) is 25.6 Å². The number of nitrogens with zero attached hydrogens (tertiary/aromatic N) is 4. The van der Waals surface area contributed by atoms with E-state index >= 15 is 0 Å². The highest BCUT2D eigenvalue weighted by atomic mass is 32.1. The van der Waals surface area contributed by atoms with Crippen LogP contribution in [-0.4, -0.2) is 25.4 Å². The van der Waals surface area contributed by atoms with Crippen LogP contribution in [-0.2, 0) is 7.05 Å². The monoisotopic (exact) mass is 389 g/mol. The number of aromatic nitrogens is 4. The number of amides is 1. The Balaban J connectivity index is 1.66. The van der Waals surface area contributed by atoms with Crippen LogP contribution in [0.2, 0.25) is 0 Å². The average Bonchev–Trinajstić information content (AvgIpc) is 3.33. The first kappa shape index (κ1) is 18.1. The zero-order valence-electron chi connectivity index (χ0n) is 15.5. The molecule has 0 aliphatic heterocycles. The van der Waals surface area contributed by atoms with Crippen molar-refractivity contribution in [3.63, 3.8) is 0 Å². The molecule has 6 nitrogen and oxygen atoms in total. The van der Waals surface area contributed by atoms with Crippen molar-refractivity contribution in [3.8, 4) is 10.7 Å². The summed E-state index contributed by atoms with van der Waals surface area (Å²) in [5.74, 6) is 0.598. The maximum atomic E-state index is 13.1. The van der Waals surface area contributed by atoms with Crippen LogP contribution in [0.5, 0.6) is 0 Å². The van der Waals surface area contributed by atoms with Crippen molar-refractivity contribution >= 4 is 17.2 Å². The molecule has 0 bridgehead atoms. The van der Waals surface area contributed by atoms with E-state index in [1.807, 2.05) is 73.3 Å². The Labute approximate surface area is 166 Å². The Kier molecular flexibility index (Phi) is 4.99. The minimum atomic E-state index is -0.353. The summed E-state index contributed by atoms with van der Waals surface area (Å²) in [6, 6.07) is 15.1. The third-order valence-corrected chi connectivity index (χ3v) is 5.59. The number of pyridine rings is 1. The second-order valence-electron chi connectivity index (χ2n) is 6.36. The summed E-state index contributed by atoms with van der Waals surface area (Å²) in [5, 5.41) is 3.86. The first-order valence-electron chi connectivity index (χ1n) is 8.85. The van der Waals surface area contributed by atoms with Gasteiger partial charge in [0.15, 0.2) is 0 Å². The second kappa shape index (κ2) is 7.74. The summed E-state index contributed by atoms with van der Waals surface area (Å²) >= 11 is 1.35. The Morgan fingerprint density at radius 2 is 1.86 bits per heavy atom. The van der Waals surface area contributed by atoms with Gasteiger partial charge in [-0.25, -0.2) is 9.97 Å². The van der Waals surface area contributed by atoms with Crippen LogP contribution in [0.4, 0.5) is 0 Å². The van der Waals surface area contributed by atoms with Crippen LogP contribution in [0.15, 0.2) is 67.1 Å². The molecular weight excluding hydrogens is 370 g/mol. The summed E-state index contributed by atoms with van der Waals surface area (Å²) in [5.41, 5.74) is 2.42. The molecule has 3 heterocycles. The first-order chi connectivity index (χ1) is 13.6. The molecular formula is C21H19N5OS. The van der Waals surface area contributed by atoms with Crippen LogP contribution >= 0.6 is 11.3 Å². The van der Waals surface area contributed by atoms with Gasteiger partial charge in [-0.1, -0.05) is 36.4 Å². The third kappa shape index (κ3) is 3.57. The quantitative estimate of drug-likeness (QED) is 0.564. The standard InChI is InChI=1S/C21H19N5OS/c1-14-18(28-21(24-14)16-10-6-7-11-22-16)20(27)25-17(15-8-4-3-5-9-15)19-23-12-13-26(19)2/h3-13,17H,1-2H3,(H,25,27)/t17-/m1/s1. The summed E-state index contributed by atoms with van der Waals surface area (Å²) in [4.78, 5) is 27.0. The van der Waals surface area contributed by atoms with E-state index in [-0.39, 0.29) is 11.9 Å². The maximum Gasteiger partial charge on any atom is 0.264 e. The van der Waals surface area contributed by atoms with Gasteiger partial charge in [-0.05, 0) is 24.6 Å². The number of carbonyl (C=O) groups excluding carboxylic acids is 1. The topological polar surface area (TPSA) is 72.7 Å². The van der Waals surface area contributed by atoms with Crippen molar-refractivity contribution in [2.45, 2.75) is 13.0 Å². The van der Waals surface area contributed by atoms with Crippen LogP contribution in [0, 0.1) is 6.92 Å². The Bertz CT molecular complexity index is 1090. The van der Waals surface area contributed by atoms with E-state index in [0.717, 1.165) is 22.1 Å². The fraction of sp³-hybridized carbons (Fsp3) is 0.143. The zero-order chi connectivity index (χ0) is 19.5. The number of hydrogen-bond donors (Lipinski definition) is 1. The van der Waals surface area contributed by atoms with Crippen molar-refractivity contribution < 1.29 is 4.79 Å². The summed E-state index contributed by atoms with van der Waals surface area (Å²) in [6.45, 7) is 1.84. The molecule has 0 fully saturated rings. The van der Waals surface area contributed by atoms with Gasteiger partial charge >= 0.3 is 0 Å². The molecule has 0 aliphatic carbocycles. The fourth-order valence-electron chi connectivity index (χ4n) is 3.00. The molecule has 0 aliphatic rings. The highest BCUT2D eigenvalue weighted by Crippen LogP contribution is 2.28. The van der Waals surface area contributed by atoms with Crippen molar-refractivity contribution in [1.82, 2.24) is 24.8 Å². The molecule has 140 valence electrons. The minimum Gasteiger partial charge on any atom is -0.337 e. The van der Waals surface area contributed by atoms with E-state index in [1.165, 1.54) is 11.3 Å². The summed E-state index contributed by atoms with van der Waals surface area (Å²) in [7, 11) is 1.92. The van der Waals surface area contributed by atoms with E-state index in [4.69, 9.17) is 0 Å². The lowest BCUT2D eigenvalue weighted by Gasteiger charge is -2.19. The smallest absolute Gasteiger partial charge is 0.264 e. The molecule has 4 rings (SSSR count). The van der Waals surface area contributed by atoms with Gasteiger partial charge in [-0.2, -0.15) is 0 Å². The number of rotatable bonds is 5. The van der Waals surface area contributed by atoms with Crippen molar-refractivity contribution in [2.24, 2.45) is 7.05 Å². The molecule has 0 radical (unpaired) electrons. The molecule has 0 saturated carbocycles. The lowest BCUT2D eigenvalue weighted by atomic mass is 10.1. The normalized spacial score (nSPS) is 11.9. The number of carbonyl (C=O) groups is 1. The van der Waals surface area contributed by atoms with Crippen LogP contribution in [0.25, 0.3) is 10.7 Å².